The summed E-state index contributed by atoms with van der Waals surface area (Å²) in [6.07, 6.45) is 5.11. The molecule has 2 saturated heterocycles. The van der Waals surface area contributed by atoms with Crippen LogP contribution in [0.3, 0.4) is 0 Å². The maximum absolute atomic E-state index is 12.9. The average Bonchev–Trinajstić information content (AvgIpc) is 3.24. The van der Waals surface area contributed by atoms with E-state index in [1.54, 1.807) is 0 Å². The molecule has 1 aromatic rings. The fourth-order valence-electron chi connectivity index (χ4n) is 4.62. The molecule has 3 fully saturated rings. The molecule has 4 nitrogen and oxygen atoms in total. The number of piperidine rings is 1. The van der Waals surface area contributed by atoms with Crippen LogP contribution in [0.4, 0.5) is 0 Å². The van der Waals surface area contributed by atoms with Crippen molar-refractivity contribution in [1.82, 2.24) is 9.80 Å². The zero-order valence-corrected chi connectivity index (χ0v) is 15.1. The van der Waals surface area contributed by atoms with Gasteiger partial charge in [-0.25, -0.2) is 0 Å². The molecule has 0 N–H and O–H groups in total. The molecular weight excluding hydrogens is 312 g/mol. The molecule has 0 bridgehead atoms. The number of nitrogens with zero attached hydrogens (tertiary/aromatic N) is 2. The summed E-state index contributed by atoms with van der Waals surface area (Å²) in [5, 5.41) is 0. The number of carbonyl (C=O) groups excluding carboxylic acids is 2. The van der Waals surface area contributed by atoms with Crippen molar-refractivity contribution < 1.29 is 9.59 Å². The summed E-state index contributed by atoms with van der Waals surface area (Å²) in [5.41, 5.74) is 2.60. The van der Waals surface area contributed by atoms with E-state index in [9.17, 15) is 9.59 Å². The zero-order valence-electron chi connectivity index (χ0n) is 15.1. The number of rotatable bonds is 3. The Balaban J connectivity index is 1.38. The van der Waals surface area contributed by atoms with Gasteiger partial charge in [-0.1, -0.05) is 24.3 Å². The number of hydrogen-bond donors (Lipinski definition) is 0. The largest absolute Gasteiger partial charge is 0.342 e. The monoisotopic (exact) mass is 340 g/mol. The number of likely N-dealkylation sites (tertiary alicyclic amines) is 2. The van der Waals surface area contributed by atoms with Crippen molar-refractivity contribution in [2.24, 2.45) is 11.8 Å². The molecule has 0 spiro atoms. The molecular formula is C21H28N2O2. The van der Waals surface area contributed by atoms with Crippen LogP contribution in [0.5, 0.6) is 0 Å². The average molecular weight is 340 g/mol. The van der Waals surface area contributed by atoms with E-state index in [4.69, 9.17) is 0 Å². The lowest BCUT2D eigenvalue weighted by Crippen LogP contribution is -2.46. The van der Waals surface area contributed by atoms with Crippen molar-refractivity contribution in [3.63, 3.8) is 0 Å². The molecule has 134 valence electrons. The fourth-order valence-corrected chi connectivity index (χ4v) is 4.62. The number of aryl methyl sites for hydroxylation is 1. The Morgan fingerprint density at radius 2 is 1.68 bits per heavy atom. The van der Waals surface area contributed by atoms with Crippen molar-refractivity contribution in [2.75, 3.05) is 26.2 Å². The number of benzene rings is 1. The molecule has 2 heterocycles. The third kappa shape index (κ3) is 3.31. The van der Waals surface area contributed by atoms with Crippen molar-refractivity contribution in [3.8, 4) is 0 Å². The van der Waals surface area contributed by atoms with E-state index in [0.717, 1.165) is 51.7 Å². The predicted molar refractivity (Wildman–Crippen MR) is 97.1 cm³/mol. The minimum absolute atomic E-state index is 0.0199. The van der Waals surface area contributed by atoms with Gasteiger partial charge in [-0.15, -0.1) is 0 Å². The molecule has 0 radical (unpaired) electrons. The van der Waals surface area contributed by atoms with Gasteiger partial charge in [0.25, 0.3) is 0 Å². The van der Waals surface area contributed by atoms with Crippen molar-refractivity contribution in [1.29, 1.82) is 0 Å². The molecule has 25 heavy (non-hydrogen) atoms. The van der Waals surface area contributed by atoms with Crippen LogP contribution in [-0.2, 0) is 9.59 Å². The van der Waals surface area contributed by atoms with Gasteiger partial charge < -0.3 is 9.80 Å². The lowest BCUT2D eigenvalue weighted by atomic mass is 9.95. The third-order valence-corrected chi connectivity index (χ3v) is 6.20. The van der Waals surface area contributed by atoms with Crippen LogP contribution < -0.4 is 0 Å². The summed E-state index contributed by atoms with van der Waals surface area (Å²) in [6.45, 7) is 5.38. The Labute approximate surface area is 150 Å². The highest BCUT2D eigenvalue weighted by molar-refractivity contribution is 5.85. The second kappa shape index (κ2) is 6.81. The van der Waals surface area contributed by atoms with Gasteiger partial charge in [0.05, 0.1) is 5.92 Å². The van der Waals surface area contributed by atoms with Crippen LogP contribution in [0, 0.1) is 18.8 Å². The summed E-state index contributed by atoms with van der Waals surface area (Å²) in [6, 6.07) is 8.40. The number of amides is 2. The quantitative estimate of drug-likeness (QED) is 0.849. The maximum atomic E-state index is 12.9. The number of carbonyl (C=O) groups is 2. The molecule has 1 saturated carbocycles. The minimum atomic E-state index is 0.0199. The molecule has 3 unspecified atom stereocenters. The maximum Gasteiger partial charge on any atom is 0.227 e. The van der Waals surface area contributed by atoms with E-state index in [1.807, 2.05) is 9.80 Å². The molecule has 4 rings (SSSR count). The highest BCUT2D eigenvalue weighted by atomic mass is 16.2. The van der Waals surface area contributed by atoms with Crippen molar-refractivity contribution >= 4 is 11.8 Å². The Kier molecular flexibility index (Phi) is 4.53. The van der Waals surface area contributed by atoms with Crippen LogP contribution in [0.2, 0.25) is 0 Å². The summed E-state index contributed by atoms with van der Waals surface area (Å²) in [4.78, 5) is 29.6. The molecule has 1 aliphatic carbocycles. The second-order valence-electron chi connectivity index (χ2n) is 7.96. The first-order chi connectivity index (χ1) is 12.1. The summed E-state index contributed by atoms with van der Waals surface area (Å²) in [7, 11) is 0. The second-order valence-corrected chi connectivity index (χ2v) is 7.96. The Morgan fingerprint density at radius 3 is 2.44 bits per heavy atom. The molecule has 3 atom stereocenters. The van der Waals surface area contributed by atoms with Gasteiger partial charge in [-0.3, -0.25) is 9.59 Å². The molecule has 4 heteroatoms. The van der Waals surface area contributed by atoms with Gasteiger partial charge in [-0.05, 0) is 56.1 Å². The molecule has 2 aliphatic heterocycles. The van der Waals surface area contributed by atoms with Crippen LogP contribution in [-0.4, -0.2) is 47.8 Å². The van der Waals surface area contributed by atoms with Crippen LogP contribution >= 0.6 is 0 Å². The smallest absolute Gasteiger partial charge is 0.227 e. The Hall–Kier alpha value is -1.84. The topological polar surface area (TPSA) is 40.6 Å². The third-order valence-electron chi connectivity index (χ3n) is 6.20. The first-order valence-electron chi connectivity index (χ1n) is 9.78. The van der Waals surface area contributed by atoms with Crippen molar-refractivity contribution in [3.05, 3.63) is 35.4 Å². The molecule has 3 aliphatic rings. The Morgan fingerprint density at radius 1 is 0.960 bits per heavy atom. The normalized spacial score (nSPS) is 28.9. The summed E-state index contributed by atoms with van der Waals surface area (Å²) in [5.74, 6) is 1.07. The van der Waals surface area contributed by atoms with E-state index < -0.39 is 0 Å². The van der Waals surface area contributed by atoms with Crippen LogP contribution in [0.15, 0.2) is 24.3 Å². The van der Waals surface area contributed by atoms with E-state index in [1.165, 1.54) is 11.1 Å². The SMILES string of the molecule is Cc1ccccc1C1CC1C(=O)N1CCCC(C(=O)N2CCCC2)C1. The predicted octanol–water partition coefficient (Wildman–Crippen LogP) is 2.96. The highest BCUT2D eigenvalue weighted by Gasteiger charge is 2.47. The lowest BCUT2D eigenvalue weighted by Gasteiger charge is -2.34. The van der Waals surface area contributed by atoms with Crippen molar-refractivity contribution in [2.45, 2.75) is 44.9 Å². The van der Waals surface area contributed by atoms with Gasteiger partial charge in [-0.2, -0.15) is 0 Å². The van der Waals surface area contributed by atoms with Gasteiger partial charge >= 0.3 is 0 Å². The lowest BCUT2D eigenvalue weighted by molar-refractivity contribution is -0.140. The van der Waals surface area contributed by atoms with Crippen LogP contribution in [0.1, 0.15) is 49.1 Å². The van der Waals surface area contributed by atoms with E-state index >= 15 is 0 Å². The molecule has 2 amide bonds. The van der Waals surface area contributed by atoms with Gasteiger partial charge in [0, 0.05) is 32.1 Å². The van der Waals surface area contributed by atoms with Crippen LogP contribution in [0.25, 0.3) is 0 Å². The fraction of sp³-hybridized carbons (Fsp3) is 0.619. The van der Waals surface area contributed by atoms with E-state index in [-0.39, 0.29) is 23.7 Å². The standard InChI is InChI=1S/C21H28N2O2/c1-15-7-2-3-9-17(15)18-13-19(18)21(25)23-12-6-8-16(14-23)20(24)22-10-4-5-11-22/h2-3,7,9,16,18-19H,4-6,8,10-14H2,1H3. The zero-order chi connectivity index (χ0) is 17.4. The summed E-state index contributed by atoms with van der Waals surface area (Å²) >= 11 is 0. The first-order valence-corrected chi connectivity index (χ1v) is 9.78. The van der Waals surface area contributed by atoms with Gasteiger partial charge in [0.2, 0.25) is 11.8 Å². The Bertz CT molecular complexity index is 666. The van der Waals surface area contributed by atoms with E-state index in [0.29, 0.717) is 12.5 Å². The van der Waals surface area contributed by atoms with Gasteiger partial charge in [0.15, 0.2) is 0 Å². The molecule has 1 aromatic carbocycles. The first kappa shape index (κ1) is 16.6. The molecule has 0 aromatic heterocycles. The minimum Gasteiger partial charge on any atom is -0.342 e. The highest BCUT2D eigenvalue weighted by Crippen LogP contribution is 2.49. The van der Waals surface area contributed by atoms with E-state index in [2.05, 4.69) is 31.2 Å². The summed E-state index contributed by atoms with van der Waals surface area (Å²) < 4.78 is 0. The van der Waals surface area contributed by atoms with Gasteiger partial charge in [0.1, 0.15) is 0 Å². The number of hydrogen-bond acceptors (Lipinski definition) is 2.